The molecule has 0 bridgehead atoms. The molecule has 1 aliphatic rings. The fraction of sp³-hybridized carbons (Fsp3) is 0.685. The van der Waals surface area contributed by atoms with E-state index in [1.54, 1.807) is 27.7 Å². The second-order valence-electron chi connectivity index (χ2n) is 29.1. The first-order valence-electron chi connectivity index (χ1n) is 38.7. The lowest BCUT2D eigenvalue weighted by Crippen LogP contribution is -2.61. The number of phenols is 1. The van der Waals surface area contributed by atoms with Gasteiger partial charge in [0.05, 0.1) is 38.1 Å². The van der Waals surface area contributed by atoms with E-state index in [9.17, 15) is 91.7 Å². The summed E-state index contributed by atoms with van der Waals surface area (Å²) in [4.78, 5) is 235. The SMILES string of the molecule is CCCC[C@H](N)C(=O)N[C@@H](C)C(=O)N[C@@H](C)C(=O)N[C@@H](CCCCN)C(=O)N[C@H]1CCCCNC(=O)C[C@@H](C(=O)N[C@@H](CC(C)C)C(=O)N[C@@H](CCCCN)C(=O)N[C@@H](CCCCN)C(=O)NCC(=O)NCC(=O)N[C@H](C(N)=O)C(C)O)NC(=O)[C@H](CC(N)=O)NC(=O)[C@H](CC(C)C)NC(=O)[C@H](Cc2ccc(O)cc2)NC1=O. The standard InChI is InChI=1S/C73H125N21O19/c1-9-10-19-46(77)64(104)84-41(6)62(102)83-42(7)63(103)85-48(21-12-16-29-75)66(106)87-50-23-14-18-31-80-57(98)36-55(93-72(112)54(35-56(78)97)92-70(110)52(33-40(4)5)89-71(111)53(91-68(50)108)34-44-24-26-45(96)27-25-44)73(113)90-51(32-39(2)3)69(109)88-49(22-13-17-30-76)67(107)86-47(20-11-15-28-74)65(105)82-37-58(99)81-38-59(100)94-60(43(8)95)61(79)101/h24-27,39-43,46-55,60,95-96H,9-23,28-38,74-77H2,1-8H3,(H2,78,97)(H2,79,101)(H,80,98)(H,81,99)(H,82,105)(H,83,102)(H,84,104)(H,85,103)(H,86,107)(H,87,106)(H,88,109)(H,89,111)(H,90,113)(H,91,108)(H,92,110)(H,93,112)(H,94,100)/t41-,42-,43?,46-,47-,48-,49-,50-,51-,52-,53-,54-,55-,60-/m0/s1. The third-order valence-electron chi connectivity index (χ3n) is 18.0. The molecule has 113 heavy (non-hydrogen) atoms. The zero-order chi connectivity index (χ0) is 85.0. The van der Waals surface area contributed by atoms with Crippen LogP contribution in [-0.4, -0.2) is 235 Å². The van der Waals surface area contributed by atoms with Crippen molar-refractivity contribution in [3.05, 3.63) is 29.8 Å². The Morgan fingerprint density at radius 1 is 0.522 bits per heavy atom. The van der Waals surface area contributed by atoms with Crippen LogP contribution in [0.15, 0.2) is 24.3 Å². The van der Waals surface area contributed by atoms with Gasteiger partial charge in [-0.3, -0.25) is 81.5 Å². The fourth-order valence-electron chi connectivity index (χ4n) is 11.6. The summed E-state index contributed by atoms with van der Waals surface area (Å²) in [6, 6.07) is -13.3. The van der Waals surface area contributed by atoms with Gasteiger partial charge >= 0.3 is 0 Å². The van der Waals surface area contributed by atoms with Gasteiger partial charge in [0.25, 0.3) is 0 Å². The number of hydrogen-bond acceptors (Lipinski definition) is 23. The molecule has 29 N–H and O–H groups in total. The van der Waals surface area contributed by atoms with Gasteiger partial charge in [0.1, 0.15) is 78.3 Å². The van der Waals surface area contributed by atoms with E-state index in [1.807, 2.05) is 6.92 Å². The Labute approximate surface area is 658 Å². The minimum atomic E-state index is -1.92. The van der Waals surface area contributed by atoms with E-state index in [4.69, 9.17) is 34.4 Å². The Morgan fingerprint density at radius 3 is 1.57 bits per heavy atom. The Kier molecular flexibility index (Phi) is 46.3. The summed E-state index contributed by atoms with van der Waals surface area (Å²) < 4.78 is 0. The van der Waals surface area contributed by atoms with Crippen molar-refractivity contribution in [2.75, 3.05) is 39.3 Å². The van der Waals surface area contributed by atoms with Gasteiger partial charge in [0.15, 0.2) is 0 Å². The Balaban J connectivity index is 2.71. The van der Waals surface area contributed by atoms with Crippen LogP contribution in [-0.2, 0) is 87.9 Å². The highest BCUT2D eigenvalue weighted by Crippen LogP contribution is 2.17. The molecule has 636 valence electrons. The number of hydrogen-bond donors (Lipinski definition) is 23. The Bertz CT molecular complexity index is 3330. The van der Waals surface area contributed by atoms with Crippen LogP contribution in [0.5, 0.6) is 5.75 Å². The van der Waals surface area contributed by atoms with Crippen LogP contribution in [0.1, 0.15) is 183 Å². The number of nitrogens with one attached hydrogen (secondary N) is 15. The summed E-state index contributed by atoms with van der Waals surface area (Å²) in [5, 5.41) is 57.8. The summed E-state index contributed by atoms with van der Waals surface area (Å²) in [7, 11) is 0. The molecule has 14 atom stereocenters. The molecule has 1 aromatic carbocycles. The summed E-state index contributed by atoms with van der Waals surface area (Å²) >= 11 is 0. The number of nitrogens with two attached hydrogens (primary N) is 6. The first-order chi connectivity index (χ1) is 53.3. The van der Waals surface area contributed by atoms with Crippen molar-refractivity contribution >= 4 is 100 Å². The third-order valence-corrected chi connectivity index (χ3v) is 18.0. The molecule has 2 rings (SSSR count). The number of phenolic OH excluding ortho intramolecular Hbond substituents is 1. The van der Waals surface area contributed by atoms with Crippen LogP contribution < -0.4 is 114 Å². The van der Waals surface area contributed by atoms with Gasteiger partial charge in [0.2, 0.25) is 100 Å². The van der Waals surface area contributed by atoms with Crippen molar-refractivity contribution in [2.24, 2.45) is 46.2 Å². The van der Waals surface area contributed by atoms with Gasteiger partial charge in [0, 0.05) is 13.0 Å². The average Bonchev–Trinajstić information content (AvgIpc) is 0.844. The van der Waals surface area contributed by atoms with Crippen LogP contribution in [0.25, 0.3) is 0 Å². The quantitative estimate of drug-likeness (QED) is 0.0270. The average molecular weight is 1600 g/mol. The van der Waals surface area contributed by atoms with E-state index in [0.29, 0.717) is 44.1 Å². The molecular formula is C73H125N21O19. The maximum Gasteiger partial charge on any atom is 0.243 e. The summed E-state index contributed by atoms with van der Waals surface area (Å²) in [6.45, 7) is 11.7. The predicted molar refractivity (Wildman–Crippen MR) is 414 cm³/mol. The fourth-order valence-corrected chi connectivity index (χ4v) is 11.6. The molecule has 40 heteroatoms. The molecule has 0 aliphatic carbocycles. The van der Waals surface area contributed by atoms with Gasteiger partial charge in [-0.05, 0) is 166 Å². The van der Waals surface area contributed by atoms with Crippen LogP contribution in [0, 0.1) is 11.8 Å². The minimum Gasteiger partial charge on any atom is -0.508 e. The number of amides is 17. The van der Waals surface area contributed by atoms with Gasteiger partial charge in [-0.25, -0.2) is 0 Å². The summed E-state index contributed by atoms with van der Waals surface area (Å²) in [5.41, 5.74) is 34.6. The van der Waals surface area contributed by atoms with Gasteiger partial charge in [-0.1, -0.05) is 59.6 Å². The lowest BCUT2D eigenvalue weighted by atomic mass is 9.99. The smallest absolute Gasteiger partial charge is 0.243 e. The molecule has 40 nitrogen and oxygen atoms in total. The van der Waals surface area contributed by atoms with E-state index in [1.165, 1.54) is 45.0 Å². The van der Waals surface area contributed by atoms with E-state index in [0.717, 1.165) is 6.42 Å². The molecule has 1 unspecified atom stereocenters. The molecule has 0 saturated carbocycles. The number of benzene rings is 1. The van der Waals surface area contributed by atoms with E-state index in [-0.39, 0.29) is 108 Å². The molecule has 1 fully saturated rings. The normalized spacial score (nSPS) is 19.1. The maximum atomic E-state index is 14.9. The second kappa shape index (κ2) is 52.9. The van der Waals surface area contributed by atoms with Gasteiger partial charge in [-0.15, -0.1) is 0 Å². The highest BCUT2D eigenvalue weighted by molar-refractivity contribution is 6.01. The monoisotopic (exact) mass is 1600 g/mol. The number of carbonyl (C=O) groups excluding carboxylic acids is 17. The van der Waals surface area contributed by atoms with Crippen molar-refractivity contribution in [2.45, 2.75) is 268 Å². The van der Waals surface area contributed by atoms with Crippen LogP contribution in [0.3, 0.4) is 0 Å². The molecule has 1 aliphatic heterocycles. The predicted octanol–water partition coefficient (Wildman–Crippen LogP) is -6.55. The largest absolute Gasteiger partial charge is 0.508 e. The van der Waals surface area contributed by atoms with E-state index in [2.05, 4.69) is 79.8 Å². The van der Waals surface area contributed by atoms with Crippen molar-refractivity contribution in [3.8, 4) is 5.75 Å². The highest BCUT2D eigenvalue weighted by Gasteiger charge is 2.38. The molecule has 1 aromatic rings. The molecule has 0 radical (unpaired) electrons. The van der Waals surface area contributed by atoms with Crippen molar-refractivity contribution in [1.82, 2.24) is 79.8 Å². The first kappa shape index (κ1) is 98.9. The van der Waals surface area contributed by atoms with Crippen molar-refractivity contribution in [3.63, 3.8) is 0 Å². The van der Waals surface area contributed by atoms with Crippen molar-refractivity contribution in [1.29, 1.82) is 0 Å². The van der Waals surface area contributed by atoms with E-state index < -0.39 is 217 Å². The number of rotatable bonds is 45. The number of aromatic hydroxyl groups is 1. The molecule has 17 amide bonds. The topological polar surface area (TPSA) is 667 Å². The Hall–Kier alpha value is -10.2. The minimum absolute atomic E-state index is 0.0154. The molecule has 0 spiro atoms. The van der Waals surface area contributed by atoms with Crippen molar-refractivity contribution < 1.29 is 91.7 Å². The maximum absolute atomic E-state index is 14.9. The summed E-state index contributed by atoms with van der Waals surface area (Å²) in [6.07, 6.45) is -0.134. The van der Waals surface area contributed by atoms with Crippen LogP contribution >= 0.6 is 0 Å². The zero-order valence-electron chi connectivity index (χ0n) is 66.2. The first-order valence-corrected chi connectivity index (χ1v) is 38.7. The summed E-state index contributed by atoms with van der Waals surface area (Å²) in [5.74, 6) is -16.8. The lowest BCUT2D eigenvalue weighted by molar-refractivity contribution is -0.137. The number of primary amides is 2. The third kappa shape index (κ3) is 39.2. The van der Waals surface area contributed by atoms with Crippen LogP contribution in [0.4, 0.5) is 0 Å². The van der Waals surface area contributed by atoms with Gasteiger partial charge < -0.3 is 124 Å². The zero-order valence-corrected chi connectivity index (χ0v) is 66.2. The molecule has 1 saturated heterocycles. The molecular weight excluding hydrogens is 1470 g/mol. The van der Waals surface area contributed by atoms with E-state index >= 15 is 0 Å². The Morgan fingerprint density at radius 2 is 1.03 bits per heavy atom. The van der Waals surface area contributed by atoms with Crippen LogP contribution in [0.2, 0.25) is 0 Å². The number of aliphatic hydroxyl groups excluding tert-OH is 1. The number of carbonyl (C=O) groups is 17. The molecule has 1 heterocycles. The second-order valence-corrected chi connectivity index (χ2v) is 29.1. The highest BCUT2D eigenvalue weighted by atomic mass is 16.3. The number of unbranched alkanes of at least 4 members (excludes halogenated alkanes) is 4. The molecule has 0 aromatic heterocycles. The lowest BCUT2D eigenvalue weighted by Gasteiger charge is -2.29. The van der Waals surface area contributed by atoms with Gasteiger partial charge in [-0.2, -0.15) is 0 Å². The number of aliphatic hydroxyl groups is 1.